The fourth-order valence-electron chi connectivity index (χ4n) is 11.1. The molecule has 3 aliphatic carbocycles. The van der Waals surface area contributed by atoms with E-state index < -0.39 is 5.41 Å². The van der Waals surface area contributed by atoms with Gasteiger partial charge < -0.3 is 14.4 Å². The van der Waals surface area contributed by atoms with Gasteiger partial charge in [0.15, 0.2) is 23.0 Å². The van der Waals surface area contributed by atoms with Gasteiger partial charge in [0.25, 0.3) is 0 Å². The first-order valence-corrected chi connectivity index (χ1v) is 21.2. The third-order valence-corrected chi connectivity index (χ3v) is 13.7. The lowest BCUT2D eigenvalue weighted by atomic mass is 9.70. The summed E-state index contributed by atoms with van der Waals surface area (Å²) in [5.74, 6) is 2.77. The molecule has 0 amide bonds. The maximum atomic E-state index is 7.24. The van der Waals surface area contributed by atoms with Gasteiger partial charge in [-0.05, 0) is 121 Å². The summed E-state index contributed by atoms with van der Waals surface area (Å²) in [5, 5.41) is 0. The smallest absolute Gasteiger partial charge is 0.194 e. The van der Waals surface area contributed by atoms with Crippen LogP contribution in [0, 0.1) is 0 Å². The average molecular weight is 782 g/mol. The SMILES string of the molecule is CC1(C)c2ccccc2-c2ccc(-c3ccccc3N(c3ccccc3)c3cccc4c3Oc3cc5c(cc3O4)-c3ccccc3C53c4ccccc4-c4ccccc43)cc21. The van der Waals surface area contributed by atoms with Gasteiger partial charge in [0.05, 0.1) is 16.8 Å². The van der Waals surface area contributed by atoms with E-state index in [0.29, 0.717) is 23.0 Å². The minimum absolute atomic E-state index is 0.115. The lowest BCUT2D eigenvalue weighted by Crippen LogP contribution is -2.26. The second-order valence-corrected chi connectivity index (χ2v) is 17.2. The molecule has 0 unspecified atom stereocenters. The van der Waals surface area contributed by atoms with Crippen molar-refractivity contribution in [1.82, 2.24) is 0 Å². The summed E-state index contributed by atoms with van der Waals surface area (Å²) in [6, 6.07) is 72.5. The Balaban J connectivity index is 0.979. The molecule has 61 heavy (non-hydrogen) atoms. The number of fused-ring (bicyclic) bond motifs is 15. The number of nitrogens with zero attached hydrogens (tertiary/aromatic N) is 1. The molecular weight excluding hydrogens is 743 g/mol. The molecule has 0 N–H and O–H groups in total. The summed E-state index contributed by atoms with van der Waals surface area (Å²) in [6.45, 7) is 4.68. The van der Waals surface area contributed by atoms with Gasteiger partial charge in [-0.15, -0.1) is 0 Å². The molecule has 9 aromatic rings. The first kappa shape index (κ1) is 34.3. The quantitative estimate of drug-likeness (QED) is 0.177. The van der Waals surface area contributed by atoms with Gasteiger partial charge in [-0.3, -0.25) is 0 Å². The minimum atomic E-state index is -0.488. The molecule has 3 nitrogen and oxygen atoms in total. The van der Waals surface area contributed by atoms with E-state index in [4.69, 9.17) is 9.47 Å². The molecule has 13 rings (SSSR count). The van der Waals surface area contributed by atoms with E-state index in [9.17, 15) is 0 Å². The second kappa shape index (κ2) is 12.5. The van der Waals surface area contributed by atoms with E-state index in [2.05, 4.69) is 213 Å². The fraction of sp³-hybridized carbons (Fsp3) is 0.0690. The third kappa shape index (κ3) is 4.58. The van der Waals surface area contributed by atoms with Gasteiger partial charge >= 0.3 is 0 Å². The lowest BCUT2D eigenvalue weighted by Gasteiger charge is -2.33. The molecule has 0 aromatic heterocycles. The van der Waals surface area contributed by atoms with Crippen LogP contribution in [0.1, 0.15) is 47.2 Å². The van der Waals surface area contributed by atoms with Crippen molar-refractivity contribution in [1.29, 1.82) is 0 Å². The topological polar surface area (TPSA) is 21.7 Å². The number of hydrogen-bond acceptors (Lipinski definition) is 3. The van der Waals surface area contributed by atoms with Crippen LogP contribution in [0.4, 0.5) is 17.1 Å². The second-order valence-electron chi connectivity index (χ2n) is 17.2. The Bertz CT molecular complexity index is 3260. The van der Waals surface area contributed by atoms with Crippen LogP contribution in [-0.2, 0) is 10.8 Å². The summed E-state index contributed by atoms with van der Waals surface area (Å²) >= 11 is 0. The normalized spacial score (nSPS) is 14.6. The van der Waals surface area contributed by atoms with E-state index in [-0.39, 0.29) is 5.41 Å². The van der Waals surface area contributed by atoms with Gasteiger partial charge in [-0.2, -0.15) is 0 Å². The average Bonchev–Trinajstić information content (AvgIpc) is 3.86. The predicted octanol–water partition coefficient (Wildman–Crippen LogP) is 15.4. The minimum Gasteiger partial charge on any atom is -0.449 e. The maximum absolute atomic E-state index is 7.24. The molecule has 1 heterocycles. The molecule has 0 saturated heterocycles. The Labute approximate surface area is 355 Å². The van der Waals surface area contributed by atoms with Crippen LogP contribution in [0.5, 0.6) is 23.0 Å². The van der Waals surface area contributed by atoms with Gasteiger partial charge in [0, 0.05) is 16.7 Å². The van der Waals surface area contributed by atoms with Gasteiger partial charge in [-0.1, -0.05) is 166 Å². The molecule has 0 radical (unpaired) electrons. The molecular formula is C58H39NO2. The van der Waals surface area contributed by atoms with Crippen LogP contribution < -0.4 is 14.4 Å². The van der Waals surface area contributed by atoms with E-state index in [0.717, 1.165) is 22.6 Å². The standard InChI is InChI=1S/C58H39NO2/c1-57(2)45-24-11-6-20-39(45)43-32-31-36(33-49(43)57)38-19-10-15-28-51(38)59(37-17-4-3-5-18-37)52-29-16-30-53-56(52)61-55-35-50-44(34-54(55)60-53)42-23-9-14-27-48(42)58(50)46-25-12-7-21-40(46)41-22-8-13-26-47(41)58/h3-35H,1-2H3. The molecule has 288 valence electrons. The molecule has 0 fully saturated rings. The Hall–Kier alpha value is -7.62. The first-order chi connectivity index (χ1) is 30.0. The van der Waals surface area contributed by atoms with Crippen molar-refractivity contribution >= 4 is 17.1 Å². The number of para-hydroxylation sites is 3. The third-order valence-electron chi connectivity index (χ3n) is 13.7. The zero-order valence-corrected chi connectivity index (χ0v) is 33.8. The summed E-state index contributed by atoms with van der Waals surface area (Å²) in [5.41, 5.74) is 20.0. The van der Waals surface area contributed by atoms with Crippen molar-refractivity contribution < 1.29 is 9.47 Å². The molecule has 1 aliphatic heterocycles. The van der Waals surface area contributed by atoms with Crippen LogP contribution in [-0.4, -0.2) is 0 Å². The maximum Gasteiger partial charge on any atom is 0.194 e. The molecule has 1 spiro atoms. The zero-order chi connectivity index (χ0) is 40.5. The predicted molar refractivity (Wildman–Crippen MR) is 247 cm³/mol. The van der Waals surface area contributed by atoms with Crippen molar-refractivity contribution in [2.45, 2.75) is 24.7 Å². The summed E-state index contributed by atoms with van der Waals surface area (Å²) in [7, 11) is 0. The molecule has 4 aliphatic rings. The fourth-order valence-corrected chi connectivity index (χ4v) is 11.1. The summed E-state index contributed by atoms with van der Waals surface area (Å²) in [4.78, 5) is 2.32. The molecule has 9 aromatic carbocycles. The molecule has 0 atom stereocenters. The van der Waals surface area contributed by atoms with Crippen LogP contribution >= 0.6 is 0 Å². The number of rotatable bonds is 4. The highest BCUT2D eigenvalue weighted by molar-refractivity contribution is 5.97. The van der Waals surface area contributed by atoms with Crippen molar-refractivity contribution in [3.63, 3.8) is 0 Å². The van der Waals surface area contributed by atoms with Gasteiger partial charge in [0.2, 0.25) is 0 Å². The highest BCUT2D eigenvalue weighted by Gasteiger charge is 2.52. The van der Waals surface area contributed by atoms with E-state index in [1.165, 1.54) is 72.3 Å². The van der Waals surface area contributed by atoms with Gasteiger partial charge in [-0.25, -0.2) is 0 Å². The largest absolute Gasteiger partial charge is 0.449 e. The lowest BCUT2D eigenvalue weighted by molar-refractivity contribution is 0.360. The number of hydrogen-bond donors (Lipinski definition) is 0. The van der Waals surface area contributed by atoms with Crippen molar-refractivity contribution in [3.8, 4) is 67.5 Å². The zero-order valence-electron chi connectivity index (χ0n) is 33.8. The Morgan fingerprint density at radius 2 is 0.869 bits per heavy atom. The van der Waals surface area contributed by atoms with Crippen molar-refractivity contribution in [2.24, 2.45) is 0 Å². The Kier molecular flexibility index (Phi) is 6.99. The highest BCUT2D eigenvalue weighted by atomic mass is 16.6. The van der Waals surface area contributed by atoms with E-state index in [1.54, 1.807) is 0 Å². The van der Waals surface area contributed by atoms with Crippen LogP contribution in [0.2, 0.25) is 0 Å². The monoisotopic (exact) mass is 781 g/mol. The number of benzene rings is 9. The number of anilines is 3. The van der Waals surface area contributed by atoms with Gasteiger partial charge in [0.1, 0.15) is 0 Å². The summed E-state index contributed by atoms with van der Waals surface area (Å²) < 4.78 is 14.2. The van der Waals surface area contributed by atoms with Crippen LogP contribution in [0.25, 0.3) is 44.5 Å². The first-order valence-electron chi connectivity index (χ1n) is 21.2. The molecule has 0 saturated carbocycles. The molecule has 0 bridgehead atoms. The number of ether oxygens (including phenoxy) is 2. The Morgan fingerprint density at radius 3 is 1.56 bits per heavy atom. The highest BCUT2D eigenvalue weighted by Crippen LogP contribution is 2.65. The summed E-state index contributed by atoms with van der Waals surface area (Å²) in [6.07, 6.45) is 0. The van der Waals surface area contributed by atoms with E-state index >= 15 is 0 Å². The Morgan fingerprint density at radius 1 is 0.344 bits per heavy atom. The van der Waals surface area contributed by atoms with Crippen LogP contribution in [0.3, 0.4) is 0 Å². The van der Waals surface area contributed by atoms with Crippen LogP contribution in [0.15, 0.2) is 200 Å². The molecule has 3 heteroatoms. The van der Waals surface area contributed by atoms with E-state index in [1.807, 2.05) is 6.07 Å². The van der Waals surface area contributed by atoms with Crippen molar-refractivity contribution in [2.75, 3.05) is 4.90 Å². The van der Waals surface area contributed by atoms with Crippen molar-refractivity contribution in [3.05, 3.63) is 234 Å².